The molecular weight excluding hydrogens is 186 g/mol. The van der Waals surface area contributed by atoms with Crippen LogP contribution < -0.4 is 0 Å². The van der Waals surface area contributed by atoms with Crippen LogP contribution in [-0.2, 0) is 0 Å². The molecule has 1 aliphatic heterocycles. The van der Waals surface area contributed by atoms with E-state index >= 15 is 0 Å². The molecule has 1 N–H and O–H groups in total. The smallest absolute Gasteiger partial charge is 0.111 e. The average Bonchev–Trinajstić information content (AvgIpc) is 2.82. The second-order valence-corrected chi connectivity index (χ2v) is 4.39. The van der Waals surface area contributed by atoms with E-state index in [1.165, 1.54) is 13.0 Å². The van der Waals surface area contributed by atoms with Crippen molar-refractivity contribution in [3.05, 3.63) is 30.1 Å². The van der Waals surface area contributed by atoms with E-state index in [0.717, 1.165) is 23.4 Å². The number of hydrogen-bond acceptors (Lipinski definition) is 2. The SMILES string of the molecule is CN1CC[C@H](c2nc3ccccc3[nH]2)C1. The minimum absolute atomic E-state index is 0.586. The fourth-order valence-electron chi connectivity index (χ4n) is 2.32. The Labute approximate surface area is 89.1 Å². The van der Waals surface area contributed by atoms with Crippen molar-refractivity contribution in [2.24, 2.45) is 0 Å². The summed E-state index contributed by atoms with van der Waals surface area (Å²) in [5.41, 5.74) is 2.24. The highest BCUT2D eigenvalue weighted by Crippen LogP contribution is 2.25. The maximum absolute atomic E-state index is 4.65. The van der Waals surface area contributed by atoms with Crippen LogP contribution in [-0.4, -0.2) is 35.0 Å². The predicted molar refractivity (Wildman–Crippen MR) is 60.9 cm³/mol. The van der Waals surface area contributed by atoms with E-state index in [-0.39, 0.29) is 0 Å². The molecule has 0 bridgehead atoms. The van der Waals surface area contributed by atoms with Gasteiger partial charge in [0.25, 0.3) is 0 Å². The van der Waals surface area contributed by atoms with Gasteiger partial charge in [-0.1, -0.05) is 12.1 Å². The van der Waals surface area contributed by atoms with Gasteiger partial charge in [0.2, 0.25) is 0 Å². The predicted octanol–water partition coefficient (Wildman–Crippen LogP) is 1.98. The van der Waals surface area contributed by atoms with E-state index in [0.29, 0.717) is 5.92 Å². The summed E-state index contributed by atoms with van der Waals surface area (Å²) >= 11 is 0. The van der Waals surface area contributed by atoms with Crippen LogP contribution in [0.2, 0.25) is 0 Å². The summed E-state index contributed by atoms with van der Waals surface area (Å²) in [6.45, 7) is 2.31. The van der Waals surface area contributed by atoms with Crippen LogP contribution in [0, 0.1) is 0 Å². The second-order valence-electron chi connectivity index (χ2n) is 4.39. The second kappa shape index (κ2) is 3.35. The highest BCUT2D eigenvalue weighted by atomic mass is 15.1. The number of aromatic nitrogens is 2. The van der Waals surface area contributed by atoms with Gasteiger partial charge < -0.3 is 9.88 Å². The van der Waals surface area contributed by atoms with E-state index in [1.54, 1.807) is 0 Å². The molecule has 3 nitrogen and oxygen atoms in total. The molecule has 3 rings (SSSR count). The van der Waals surface area contributed by atoms with Crippen molar-refractivity contribution in [3.8, 4) is 0 Å². The number of fused-ring (bicyclic) bond motifs is 1. The van der Waals surface area contributed by atoms with Crippen molar-refractivity contribution in [3.63, 3.8) is 0 Å². The zero-order valence-corrected chi connectivity index (χ0v) is 8.90. The van der Waals surface area contributed by atoms with Crippen molar-refractivity contribution < 1.29 is 0 Å². The minimum Gasteiger partial charge on any atom is -0.342 e. The van der Waals surface area contributed by atoms with Gasteiger partial charge in [0, 0.05) is 12.5 Å². The van der Waals surface area contributed by atoms with Gasteiger partial charge >= 0.3 is 0 Å². The topological polar surface area (TPSA) is 31.9 Å². The molecule has 1 fully saturated rings. The lowest BCUT2D eigenvalue weighted by molar-refractivity contribution is 0.410. The third kappa shape index (κ3) is 1.53. The van der Waals surface area contributed by atoms with Crippen molar-refractivity contribution >= 4 is 11.0 Å². The van der Waals surface area contributed by atoms with Crippen LogP contribution in [0.5, 0.6) is 0 Å². The van der Waals surface area contributed by atoms with Gasteiger partial charge in [0.05, 0.1) is 11.0 Å². The molecule has 1 aromatic carbocycles. The van der Waals surface area contributed by atoms with Crippen LogP contribution in [0.4, 0.5) is 0 Å². The first-order valence-electron chi connectivity index (χ1n) is 5.46. The number of para-hydroxylation sites is 2. The first-order chi connectivity index (χ1) is 7.33. The molecule has 2 aromatic rings. The Morgan fingerprint density at radius 3 is 3.00 bits per heavy atom. The Bertz CT molecular complexity index is 441. The van der Waals surface area contributed by atoms with Gasteiger partial charge in [-0.25, -0.2) is 4.98 Å². The molecule has 0 aliphatic carbocycles. The number of aromatic amines is 1. The Hall–Kier alpha value is -1.35. The number of H-pyrrole nitrogens is 1. The molecule has 0 saturated carbocycles. The van der Waals surface area contributed by atoms with Gasteiger partial charge in [-0.3, -0.25) is 0 Å². The molecule has 1 aromatic heterocycles. The maximum atomic E-state index is 4.65. The fraction of sp³-hybridized carbons (Fsp3) is 0.417. The number of likely N-dealkylation sites (N-methyl/N-ethyl adjacent to an activating group) is 1. The summed E-state index contributed by atoms with van der Waals surface area (Å²) in [5, 5.41) is 0. The molecule has 1 saturated heterocycles. The average molecular weight is 201 g/mol. The molecule has 0 radical (unpaired) electrons. The van der Waals surface area contributed by atoms with Crippen molar-refractivity contribution in [1.29, 1.82) is 0 Å². The van der Waals surface area contributed by atoms with Crippen LogP contribution >= 0.6 is 0 Å². The van der Waals surface area contributed by atoms with Gasteiger partial charge in [-0.15, -0.1) is 0 Å². The van der Waals surface area contributed by atoms with Crippen molar-refractivity contribution in [2.75, 3.05) is 20.1 Å². The third-order valence-corrected chi connectivity index (χ3v) is 3.19. The zero-order chi connectivity index (χ0) is 10.3. The lowest BCUT2D eigenvalue weighted by Gasteiger charge is -2.06. The van der Waals surface area contributed by atoms with Gasteiger partial charge in [0.1, 0.15) is 5.82 Å². The normalized spacial score (nSPS) is 22.6. The van der Waals surface area contributed by atoms with Crippen LogP contribution in [0.25, 0.3) is 11.0 Å². The monoisotopic (exact) mass is 201 g/mol. The molecule has 0 amide bonds. The Morgan fingerprint density at radius 2 is 2.27 bits per heavy atom. The van der Waals surface area contributed by atoms with E-state index in [2.05, 4.69) is 34.0 Å². The number of hydrogen-bond donors (Lipinski definition) is 1. The minimum atomic E-state index is 0.586. The number of likely N-dealkylation sites (tertiary alicyclic amines) is 1. The summed E-state index contributed by atoms with van der Waals surface area (Å²) < 4.78 is 0. The van der Waals surface area contributed by atoms with E-state index in [1.807, 2.05) is 12.1 Å². The van der Waals surface area contributed by atoms with Gasteiger partial charge in [0.15, 0.2) is 0 Å². The molecular formula is C12H15N3. The summed E-state index contributed by atoms with van der Waals surface area (Å²) in [6.07, 6.45) is 1.22. The number of imidazole rings is 1. The maximum Gasteiger partial charge on any atom is 0.111 e. The third-order valence-electron chi connectivity index (χ3n) is 3.19. The van der Waals surface area contributed by atoms with Crippen LogP contribution in [0.15, 0.2) is 24.3 Å². The number of benzene rings is 1. The van der Waals surface area contributed by atoms with Crippen LogP contribution in [0.1, 0.15) is 18.2 Å². The lowest BCUT2D eigenvalue weighted by Crippen LogP contribution is -2.13. The lowest BCUT2D eigenvalue weighted by atomic mass is 10.1. The largest absolute Gasteiger partial charge is 0.342 e. The zero-order valence-electron chi connectivity index (χ0n) is 8.90. The first-order valence-corrected chi connectivity index (χ1v) is 5.46. The standard InChI is InChI=1S/C12H15N3/c1-15-7-6-9(8-15)12-13-10-4-2-3-5-11(10)14-12/h2-5,9H,6-8H2,1H3,(H,13,14)/t9-/m0/s1. The van der Waals surface area contributed by atoms with E-state index in [4.69, 9.17) is 0 Å². The molecule has 2 heterocycles. The Morgan fingerprint density at radius 1 is 1.40 bits per heavy atom. The quantitative estimate of drug-likeness (QED) is 0.765. The van der Waals surface area contributed by atoms with Crippen molar-refractivity contribution in [2.45, 2.75) is 12.3 Å². The molecule has 0 spiro atoms. The van der Waals surface area contributed by atoms with Gasteiger partial charge in [-0.05, 0) is 32.1 Å². The Balaban J connectivity index is 1.98. The molecule has 1 aliphatic rings. The summed E-state index contributed by atoms with van der Waals surface area (Å²) in [5.74, 6) is 1.74. The number of nitrogens with one attached hydrogen (secondary N) is 1. The molecule has 0 unspecified atom stereocenters. The molecule has 15 heavy (non-hydrogen) atoms. The van der Waals surface area contributed by atoms with Gasteiger partial charge in [-0.2, -0.15) is 0 Å². The molecule has 78 valence electrons. The molecule has 1 atom stereocenters. The summed E-state index contributed by atoms with van der Waals surface area (Å²) in [6, 6.07) is 8.23. The number of rotatable bonds is 1. The number of nitrogens with zero attached hydrogens (tertiary/aromatic N) is 2. The van der Waals surface area contributed by atoms with Crippen LogP contribution in [0.3, 0.4) is 0 Å². The molecule has 3 heteroatoms. The fourth-order valence-corrected chi connectivity index (χ4v) is 2.32. The highest BCUT2D eigenvalue weighted by molar-refractivity contribution is 5.74. The Kier molecular flexibility index (Phi) is 1.99. The first kappa shape index (κ1) is 8.92. The highest BCUT2D eigenvalue weighted by Gasteiger charge is 2.23. The van der Waals surface area contributed by atoms with E-state index in [9.17, 15) is 0 Å². The van der Waals surface area contributed by atoms with E-state index < -0.39 is 0 Å². The summed E-state index contributed by atoms with van der Waals surface area (Å²) in [4.78, 5) is 10.4. The summed E-state index contributed by atoms with van der Waals surface area (Å²) in [7, 11) is 2.17. The van der Waals surface area contributed by atoms with Crippen molar-refractivity contribution in [1.82, 2.24) is 14.9 Å².